The number of hydrogen-bond donors (Lipinski definition) is 0. The molecular formula is C17H22N2O4S. The smallest absolute Gasteiger partial charge is 0.248 e. The minimum Gasteiger partial charge on any atom is -0.375 e. The number of nitrogens with zero attached hydrogens (tertiary/aromatic N) is 2. The third-order valence-corrected chi connectivity index (χ3v) is 7.41. The Morgan fingerprint density at radius 1 is 1.33 bits per heavy atom. The molecule has 1 aliphatic carbocycles. The minimum atomic E-state index is -3.49. The summed E-state index contributed by atoms with van der Waals surface area (Å²) in [5.74, 6) is 0.372. The van der Waals surface area contributed by atoms with E-state index in [1.165, 1.54) is 7.11 Å². The molecule has 6 nitrogen and oxygen atoms in total. The van der Waals surface area contributed by atoms with E-state index in [2.05, 4.69) is 0 Å². The molecule has 7 heteroatoms. The van der Waals surface area contributed by atoms with Crippen LogP contribution >= 0.6 is 0 Å². The molecule has 2 heterocycles. The fraction of sp³-hybridized carbons (Fsp3) is 0.588. The quantitative estimate of drug-likeness (QED) is 0.818. The molecule has 0 aromatic heterocycles. The van der Waals surface area contributed by atoms with Crippen molar-refractivity contribution in [3.8, 4) is 0 Å². The lowest BCUT2D eigenvalue weighted by Crippen LogP contribution is -2.47. The Labute approximate surface area is 142 Å². The van der Waals surface area contributed by atoms with E-state index in [1.54, 1.807) is 21.3 Å². The van der Waals surface area contributed by atoms with Gasteiger partial charge in [0.15, 0.2) is 0 Å². The highest BCUT2D eigenvalue weighted by Crippen LogP contribution is 2.50. The fourth-order valence-electron chi connectivity index (χ4n) is 4.01. The molecule has 0 N–H and O–H groups in total. The van der Waals surface area contributed by atoms with Crippen LogP contribution in [0, 0.1) is 5.92 Å². The first-order valence-corrected chi connectivity index (χ1v) is 9.82. The standard InChI is InChI=1S/C17H22N2O4S/c1-23-11-16(20)18-9-8-17(12-18)14-4-2-3-5-15(14)24(21,22)19(17)10-13-6-7-13/h2-5,13H,6-12H2,1H3. The lowest BCUT2D eigenvalue weighted by molar-refractivity contribution is -0.134. The summed E-state index contributed by atoms with van der Waals surface area (Å²) in [6.45, 7) is 1.57. The van der Waals surface area contributed by atoms with Crippen molar-refractivity contribution in [1.82, 2.24) is 9.21 Å². The summed E-state index contributed by atoms with van der Waals surface area (Å²) < 4.78 is 32.9. The van der Waals surface area contributed by atoms with E-state index < -0.39 is 15.6 Å². The van der Waals surface area contributed by atoms with Gasteiger partial charge in [-0.2, -0.15) is 4.31 Å². The third kappa shape index (κ3) is 2.29. The van der Waals surface area contributed by atoms with Crippen molar-refractivity contribution < 1.29 is 17.9 Å². The summed E-state index contributed by atoms with van der Waals surface area (Å²) >= 11 is 0. The SMILES string of the molecule is COCC(=O)N1CCC2(C1)c1ccccc1S(=O)(=O)N2CC1CC1. The van der Waals surface area contributed by atoms with Crippen molar-refractivity contribution >= 4 is 15.9 Å². The molecule has 0 bridgehead atoms. The number of benzene rings is 1. The largest absolute Gasteiger partial charge is 0.375 e. The summed E-state index contributed by atoms with van der Waals surface area (Å²) in [5, 5.41) is 0. The number of methoxy groups -OCH3 is 1. The van der Waals surface area contributed by atoms with Crippen molar-refractivity contribution in [3.05, 3.63) is 29.8 Å². The summed E-state index contributed by atoms with van der Waals surface area (Å²) in [6.07, 6.45) is 2.82. The lowest BCUT2D eigenvalue weighted by atomic mass is 9.88. The monoisotopic (exact) mass is 350 g/mol. The van der Waals surface area contributed by atoms with Crippen molar-refractivity contribution in [3.63, 3.8) is 0 Å². The van der Waals surface area contributed by atoms with Crippen LogP contribution in [-0.2, 0) is 25.1 Å². The summed E-state index contributed by atoms with van der Waals surface area (Å²) in [6, 6.07) is 7.26. The second-order valence-corrected chi connectivity index (χ2v) is 8.84. The molecule has 3 aliphatic rings. The normalized spacial score (nSPS) is 28.5. The Balaban J connectivity index is 1.75. The maximum Gasteiger partial charge on any atom is 0.248 e. The van der Waals surface area contributed by atoms with Crippen molar-refractivity contribution in [2.45, 2.75) is 29.7 Å². The van der Waals surface area contributed by atoms with Crippen LogP contribution < -0.4 is 0 Å². The van der Waals surface area contributed by atoms with Gasteiger partial charge in [0.25, 0.3) is 0 Å². The van der Waals surface area contributed by atoms with Crippen LogP contribution in [0.25, 0.3) is 0 Å². The van der Waals surface area contributed by atoms with Gasteiger partial charge >= 0.3 is 0 Å². The van der Waals surface area contributed by atoms with Gasteiger partial charge in [-0.05, 0) is 36.8 Å². The number of sulfonamides is 1. The average molecular weight is 350 g/mol. The molecule has 1 aromatic rings. The van der Waals surface area contributed by atoms with Crippen LogP contribution in [0.5, 0.6) is 0 Å². The Hall–Kier alpha value is -1.44. The number of rotatable bonds is 4. The molecule has 2 aliphatic heterocycles. The molecule has 1 saturated carbocycles. The van der Waals surface area contributed by atoms with Crippen LogP contribution in [0.2, 0.25) is 0 Å². The zero-order valence-electron chi connectivity index (χ0n) is 13.8. The molecule has 0 radical (unpaired) electrons. The first kappa shape index (κ1) is 16.1. The second-order valence-electron chi connectivity index (χ2n) is 7.01. The highest BCUT2D eigenvalue weighted by atomic mass is 32.2. The Morgan fingerprint density at radius 2 is 2.08 bits per heavy atom. The Morgan fingerprint density at radius 3 is 2.79 bits per heavy atom. The molecule has 1 atom stereocenters. The van der Waals surface area contributed by atoms with E-state index in [0.29, 0.717) is 36.9 Å². The molecule has 2 fully saturated rings. The van der Waals surface area contributed by atoms with E-state index in [4.69, 9.17) is 4.74 Å². The van der Waals surface area contributed by atoms with E-state index in [0.717, 1.165) is 18.4 Å². The van der Waals surface area contributed by atoms with Gasteiger partial charge in [-0.1, -0.05) is 18.2 Å². The highest BCUT2D eigenvalue weighted by molar-refractivity contribution is 7.89. The van der Waals surface area contributed by atoms with Crippen LogP contribution in [0.3, 0.4) is 0 Å². The fourth-order valence-corrected chi connectivity index (χ4v) is 6.15. The number of carbonyl (C=O) groups excluding carboxylic acids is 1. The van der Waals surface area contributed by atoms with E-state index in [9.17, 15) is 13.2 Å². The maximum absolute atomic E-state index is 13.1. The molecule has 1 saturated heterocycles. The van der Waals surface area contributed by atoms with Crippen LogP contribution in [0.4, 0.5) is 0 Å². The number of likely N-dealkylation sites (tertiary alicyclic amines) is 1. The Bertz CT molecular complexity index is 775. The molecule has 1 unspecified atom stereocenters. The zero-order valence-corrected chi connectivity index (χ0v) is 14.6. The molecule has 1 amide bonds. The third-order valence-electron chi connectivity index (χ3n) is 5.42. The molecule has 4 rings (SSSR count). The topological polar surface area (TPSA) is 66.9 Å². The number of ether oxygens (including phenoxy) is 1. The number of amides is 1. The minimum absolute atomic E-state index is 0.0348. The maximum atomic E-state index is 13.1. The van der Waals surface area contributed by atoms with Crippen LogP contribution in [0.15, 0.2) is 29.2 Å². The Kier molecular flexibility index (Phi) is 3.71. The number of fused-ring (bicyclic) bond motifs is 2. The summed E-state index contributed by atoms with van der Waals surface area (Å²) in [5.41, 5.74) is 0.236. The predicted molar refractivity (Wildman–Crippen MR) is 87.8 cm³/mol. The molecular weight excluding hydrogens is 328 g/mol. The lowest BCUT2D eigenvalue weighted by Gasteiger charge is -2.34. The van der Waals surface area contributed by atoms with Crippen molar-refractivity contribution in [1.29, 1.82) is 0 Å². The molecule has 1 spiro atoms. The first-order chi connectivity index (χ1) is 11.5. The first-order valence-electron chi connectivity index (χ1n) is 8.38. The highest BCUT2D eigenvalue weighted by Gasteiger charge is 2.58. The molecule has 24 heavy (non-hydrogen) atoms. The van der Waals surface area contributed by atoms with E-state index >= 15 is 0 Å². The number of hydrogen-bond acceptors (Lipinski definition) is 4. The summed E-state index contributed by atoms with van der Waals surface area (Å²) in [7, 11) is -1.99. The second kappa shape index (κ2) is 5.54. The molecule has 1 aromatic carbocycles. The molecule has 130 valence electrons. The average Bonchev–Trinajstić information content (AvgIpc) is 3.25. The predicted octanol–water partition coefficient (Wildman–Crippen LogP) is 1.17. The van der Waals surface area contributed by atoms with Gasteiger partial charge < -0.3 is 9.64 Å². The van der Waals surface area contributed by atoms with Gasteiger partial charge in [-0.15, -0.1) is 0 Å². The van der Waals surface area contributed by atoms with Gasteiger partial charge in [-0.3, -0.25) is 4.79 Å². The van der Waals surface area contributed by atoms with Crippen LogP contribution in [0.1, 0.15) is 24.8 Å². The van der Waals surface area contributed by atoms with Gasteiger partial charge in [0, 0.05) is 26.7 Å². The van der Waals surface area contributed by atoms with Gasteiger partial charge in [-0.25, -0.2) is 8.42 Å². The van der Waals surface area contributed by atoms with Crippen molar-refractivity contribution in [2.24, 2.45) is 5.92 Å². The van der Waals surface area contributed by atoms with E-state index in [1.807, 2.05) is 12.1 Å². The van der Waals surface area contributed by atoms with E-state index in [-0.39, 0.29) is 12.5 Å². The number of carbonyl (C=O) groups is 1. The van der Waals surface area contributed by atoms with Gasteiger partial charge in [0.2, 0.25) is 15.9 Å². The summed E-state index contributed by atoms with van der Waals surface area (Å²) in [4.78, 5) is 14.4. The van der Waals surface area contributed by atoms with Gasteiger partial charge in [0.1, 0.15) is 6.61 Å². The van der Waals surface area contributed by atoms with Gasteiger partial charge in [0.05, 0.1) is 10.4 Å². The van der Waals surface area contributed by atoms with Crippen LogP contribution in [-0.4, -0.2) is 56.9 Å². The van der Waals surface area contributed by atoms with Crippen molar-refractivity contribution in [2.75, 3.05) is 33.4 Å². The zero-order chi connectivity index (χ0) is 16.9.